The number of furan rings is 1. The molecule has 0 aliphatic carbocycles. The molecule has 3 rings (SSSR count). The van der Waals surface area contributed by atoms with Crippen molar-refractivity contribution < 1.29 is 14.3 Å². The molecular weight excluding hydrogens is 282 g/mol. The van der Waals surface area contributed by atoms with E-state index in [2.05, 4.69) is 16.4 Å². The van der Waals surface area contributed by atoms with E-state index < -0.39 is 5.97 Å². The van der Waals surface area contributed by atoms with Gasteiger partial charge in [-0.3, -0.25) is 0 Å². The number of hydrogen-bond donors (Lipinski definition) is 1. The van der Waals surface area contributed by atoms with Crippen LogP contribution in [0.3, 0.4) is 0 Å². The first kappa shape index (κ1) is 14.1. The fourth-order valence-corrected chi connectivity index (χ4v) is 2.41. The van der Waals surface area contributed by atoms with Gasteiger partial charge in [0.15, 0.2) is 0 Å². The first-order chi connectivity index (χ1) is 10.5. The maximum atomic E-state index is 10.9. The maximum Gasteiger partial charge on any atom is 0.371 e. The van der Waals surface area contributed by atoms with E-state index in [1.54, 1.807) is 16.9 Å². The Hall–Kier alpha value is -2.89. The van der Waals surface area contributed by atoms with Crippen LogP contribution in [0.5, 0.6) is 0 Å². The lowest BCUT2D eigenvalue weighted by atomic mass is 10.0. The molecule has 6 nitrogen and oxygen atoms in total. The van der Waals surface area contributed by atoms with E-state index in [-0.39, 0.29) is 5.76 Å². The molecule has 2 aromatic heterocycles. The molecular formula is C16H15N3O3. The number of hydrogen-bond acceptors (Lipinski definition) is 4. The minimum atomic E-state index is -1.08. The second-order valence-corrected chi connectivity index (χ2v) is 5.17. The Bertz CT molecular complexity index is 833. The minimum Gasteiger partial charge on any atom is -0.475 e. The maximum absolute atomic E-state index is 10.9. The fraction of sp³-hybridized carbons (Fsp3) is 0.188. The summed E-state index contributed by atoms with van der Waals surface area (Å²) in [5, 5.41) is 16.9. The number of benzene rings is 1. The molecule has 0 spiro atoms. The van der Waals surface area contributed by atoms with Crippen LogP contribution in [0.4, 0.5) is 0 Å². The quantitative estimate of drug-likeness (QED) is 0.800. The van der Waals surface area contributed by atoms with Crippen molar-refractivity contribution in [3.63, 3.8) is 0 Å². The van der Waals surface area contributed by atoms with E-state index in [1.165, 1.54) is 11.6 Å². The van der Waals surface area contributed by atoms with Gasteiger partial charge in [0.05, 0.1) is 11.9 Å². The van der Waals surface area contributed by atoms with Crippen molar-refractivity contribution in [3.8, 4) is 11.3 Å². The van der Waals surface area contributed by atoms with Gasteiger partial charge in [-0.2, -0.15) is 0 Å². The number of carboxylic acids is 1. The molecule has 0 bridgehead atoms. The molecule has 1 N–H and O–H groups in total. The highest BCUT2D eigenvalue weighted by atomic mass is 16.4. The first-order valence-electron chi connectivity index (χ1n) is 6.82. The number of nitrogens with zero attached hydrogens (tertiary/aromatic N) is 3. The fourth-order valence-electron chi connectivity index (χ4n) is 2.41. The van der Waals surface area contributed by atoms with Crippen molar-refractivity contribution in [1.82, 2.24) is 15.0 Å². The minimum absolute atomic E-state index is 0.0804. The number of aryl methyl sites for hydroxylation is 2. The Balaban J connectivity index is 1.93. The molecule has 0 unspecified atom stereocenters. The highest BCUT2D eigenvalue weighted by Gasteiger charge is 2.13. The molecule has 22 heavy (non-hydrogen) atoms. The van der Waals surface area contributed by atoms with Crippen LogP contribution < -0.4 is 0 Å². The number of carbonyl (C=O) groups is 1. The Kier molecular flexibility index (Phi) is 3.50. The lowest BCUT2D eigenvalue weighted by Crippen LogP contribution is -2.04. The lowest BCUT2D eigenvalue weighted by Gasteiger charge is -2.08. The summed E-state index contributed by atoms with van der Waals surface area (Å²) in [5.41, 5.74) is 4.23. The third kappa shape index (κ3) is 2.63. The highest BCUT2D eigenvalue weighted by Crippen LogP contribution is 2.24. The number of carboxylic acid groups (broad SMARTS) is 1. The molecule has 0 aliphatic rings. The predicted octanol–water partition coefficient (Wildman–Crippen LogP) is 2.90. The van der Waals surface area contributed by atoms with E-state index in [0.717, 1.165) is 16.8 Å². The van der Waals surface area contributed by atoms with Gasteiger partial charge < -0.3 is 9.52 Å². The Morgan fingerprint density at radius 1 is 1.27 bits per heavy atom. The Morgan fingerprint density at radius 3 is 2.77 bits per heavy atom. The van der Waals surface area contributed by atoms with Gasteiger partial charge in [0.1, 0.15) is 12.3 Å². The molecule has 0 amide bonds. The summed E-state index contributed by atoms with van der Waals surface area (Å²) in [7, 11) is 0. The van der Waals surface area contributed by atoms with Gasteiger partial charge in [0.25, 0.3) is 0 Å². The molecule has 2 heterocycles. The Labute approximate surface area is 127 Å². The number of aromatic carboxylic acids is 1. The summed E-state index contributed by atoms with van der Waals surface area (Å²) in [5.74, 6) is -0.642. The van der Waals surface area contributed by atoms with Crippen molar-refractivity contribution in [2.24, 2.45) is 0 Å². The molecule has 6 heteroatoms. The van der Waals surface area contributed by atoms with Gasteiger partial charge in [0, 0.05) is 5.56 Å². The van der Waals surface area contributed by atoms with Crippen molar-refractivity contribution >= 4 is 5.97 Å². The normalized spacial score (nSPS) is 10.8. The van der Waals surface area contributed by atoms with Crippen LogP contribution in [-0.2, 0) is 6.54 Å². The molecule has 0 fully saturated rings. The van der Waals surface area contributed by atoms with Crippen LogP contribution in [0.15, 0.2) is 40.9 Å². The second-order valence-electron chi connectivity index (χ2n) is 5.17. The zero-order valence-corrected chi connectivity index (χ0v) is 12.3. The summed E-state index contributed by atoms with van der Waals surface area (Å²) in [6, 6.07) is 9.24. The average Bonchev–Trinajstić information content (AvgIpc) is 3.09. The zero-order chi connectivity index (χ0) is 15.7. The highest BCUT2D eigenvalue weighted by molar-refractivity contribution is 5.84. The molecule has 0 saturated carbocycles. The van der Waals surface area contributed by atoms with Gasteiger partial charge in [-0.15, -0.1) is 5.10 Å². The lowest BCUT2D eigenvalue weighted by molar-refractivity contribution is 0.0660. The monoisotopic (exact) mass is 297 g/mol. The second kappa shape index (κ2) is 5.48. The van der Waals surface area contributed by atoms with Crippen LogP contribution in [0, 0.1) is 13.8 Å². The standard InChI is InChI=1S/C16H15N3O3/c1-10-3-5-13(11(2)7-10)14-8-17-18-19(14)9-12-4-6-15(22-12)16(20)21/h3-8H,9H2,1-2H3,(H,20,21). The van der Waals surface area contributed by atoms with E-state index in [9.17, 15) is 4.79 Å². The van der Waals surface area contributed by atoms with Gasteiger partial charge >= 0.3 is 5.97 Å². The summed E-state index contributed by atoms with van der Waals surface area (Å²) >= 11 is 0. The van der Waals surface area contributed by atoms with E-state index in [1.807, 2.05) is 26.0 Å². The third-order valence-electron chi connectivity index (χ3n) is 3.45. The van der Waals surface area contributed by atoms with E-state index in [4.69, 9.17) is 9.52 Å². The molecule has 1 aromatic carbocycles. The van der Waals surface area contributed by atoms with Gasteiger partial charge in [-0.05, 0) is 31.5 Å². The Morgan fingerprint density at radius 2 is 2.09 bits per heavy atom. The zero-order valence-electron chi connectivity index (χ0n) is 12.3. The molecule has 0 atom stereocenters. The van der Waals surface area contributed by atoms with E-state index in [0.29, 0.717) is 12.3 Å². The SMILES string of the molecule is Cc1ccc(-c2cnnn2Cc2ccc(C(=O)O)o2)c(C)c1. The number of rotatable bonds is 4. The predicted molar refractivity (Wildman–Crippen MR) is 79.7 cm³/mol. The summed E-state index contributed by atoms with van der Waals surface area (Å²) in [6.07, 6.45) is 1.69. The smallest absolute Gasteiger partial charge is 0.371 e. The largest absolute Gasteiger partial charge is 0.475 e. The van der Waals surface area contributed by atoms with Crippen LogP contribution >= 0.6 is 0 Å². The van der Waals surface area contributed by atoms with Crippen molar-refractivity contribution in [1.29, 1.82) is 0 Å². The van der Waals surface area contributed by atoms with Gasteiger partial charge in [-0.25, -0.2) is 9.48 Å². The molecule has 112 valence electrons. The van der Waals surface area contributed by atoms with Crippen LogP contribution in [0.2, 0.25) is 0 Å². The summed E-state index contributed by atoms with van der Waals surface area (Å²) in [4.78, 5) is 10.9. The van der Waals surface area contributed by atoms with Crippen LogP contribution in [0.25, 0.3) is 11.3 Å². The van der Waals surface area contributed by atoms with E-state index >= 15 is 0 Å². The molecule has 0 saturated heterocycles. The summed E-state index contributed by atoms with van der Waals surface area (Å²) in [6.45, 7) is 4.41. The summed E-state index contributed by atoms with van der Waals surface area (Å²) < 4.78 is 6.97. The van der Waals surface area contributed by atoms with Crippen molar-refractivity contribution in [2.75, 3.05) is 0 Å². The van der Waals surface area contributed by atoms with Gasteiger partial charge in [0.2, 0.25) is 5.76 Å². The topological polar surface area (TPSA) is 81.2 Å². The van der Waals surface area contributed by atoms with Crippen molar-refractivity contribution in [2.45, 2.75) is 20.4 Å². The van der Waals surface area contributed by atoms with Crippen LogP contribution in [0.1, 0.15) is 27.4 Å². The van der Waals surface area contributed by atoms with Crippen molar-refractivity contribution in [3.05, 3.63) is 59.2 Å². The molecule has 3 aromatic rings. The van der Waals surface area contributed by atoms with Crippen LogP contribution in [-0.4, -0.2) is 26.1 Å². The van der Waals surface area contributed by atoms with Gasteiger partial charge in [-0.1, -0.05) is 29.0 Å². The number of aromatic nitrogens is 3. The molecule has 0 aliphatic heterocycles. The third-order valence-corrected chi connectivity index (χ3v) is 3.45. The first-order valence-corrected chi connectivity index (χ1v) is 6.82. The average molecular weight is 297 g/mol. The molecule has 0 radical (unpaired) electrons.